The van der Waals surface area contributed by atoms with Gasteiger partial charge in [-0.05, 0) is 18.1 Å². The summed E-state index contributed by atoms with van der Waals surface area (Å²) in [6.45, 7) is 3.75. The lowest BCUT2D eigenvalue weighted by Crippen LogP contribution is -2.46. The van der Waals surface area contributed by atoms with Gasteiger partial charge in [0.1, 0.15) is 0 Å². The summed E-state index contributed by atoms with van der Waals surface area (Å²) in [6, 6.07) is 3.01. The molecule has 0 spiro atoms. The van der Waals surface area contributed by atoms with Crippen LogP contribution in [-0.4, -0.2) is 19.1 Å². The van der Waals surface area contributed by atoms with Crippen LogP contribution in [0.5, 0.6) is 5.75 Å². The molecule has 0 fully saturated rings. The molecular formula is C12H13BrFNO2. The van der Waals surface area contributed by atoms with Gasteiger partial charge < -0.3 is 9.64 Å². The van der Waals surface area contributed by atoms with E-state index in [0.29, 0.717) is 10.2 Å². The Kier molecular flexibility index (Phi) is 3.12. The summed E-state index contributed by atoms with van der Waals surface area (Å²) >= 11 is 3.20. The molecule has 1 unspecified atom stereocenters. The lowest BCUT2D eigenvalue weighted by molar-refractivity contribution is -0.127. The molecule has 3 nitrogen and oxygen atoms in total. The molecule has 1 aliphatic heterocycles. The lowest BCUT2D eigenvalue weighted by Gasteiger charge is -2.34. The van der Waals surface area contributed by atoms with E-state index in [4.69, 9.17) is 4.74 Å². The van der Waals surface area contributed by atoms with Gasteiger partial charge in [-0.1, -0.05) is 29.8 Å². The molecule has 1 aromatic rings. The third-order valence-corrected chi connectivity index (χ3v) is 3.23. The highest BCUT2D eigenvalue weighted by Crippen LogP contribution is 2.39. The van der Waals surface area contributed by atoms with Gasteiger partial charge in [0.05, 0.1) is 5.69 Å². The van der Waals surface area contributed by atoms with E-state index >= 15 is 0 Å². The summed E-state index contributed by atoms with van der Waals surface area (Å²) in [6.07, 6.45) is -0.622. The van der Waals surface area contributed by atoms with Crippen molar-refractivity contribution in [2.24, 2.45) is 5.92 Å². The van der Waals surface area contributed by atoms with Gasteiger partial charge >= 0.3 is 0 Å². The first kappa shape index (κ1) is 12.4. The zero-order valence-electron chi connectivity index (χ0n) is 9.83. The number of nitrogens with zero attached hydrogens (tertiary/aromatic N) is 1. The zero-order chi connectivity index (χ0) is 12.7. The van der Waals surface area contributed by atoms with Crippen molar-refractivity contribution < 1.29 is 13.9 Å². The summed E-state index contributed by atoms with van der Waals surface area (Å²) in [5.41, 5.74) is 0.457. The normalized spacial score (nSPS) is 19.3. The summed E-state index contributed by atoms with van der Waals surface area (Å²) in [5.74, 6) is -0.459. The third kappa shape index (κ3) is 2.04. The summed E-state index contributed by atoms with van der Waals surface area (Å²) < 4.78 is 19.8. The maximum atomic E-state index is 13.8. The highest BCUT2D eigenvalue weighted by Gasteiger charge is 2.36. The van der Waals surface area contributed by atoms with E-state index in [1.807, 2.05) is 13.8 Å². The molecule has 2 rings (SSSR count). The number of fused-ring (bicyclic) bond motifs is 1. The van der Waals surface area contributed by atoms with E-state index in [9.17, 15) is 9.18 Å². The number of rotatable bonds is 1. The molecule has 1 aromatic carbocycles. The molecule has 0 saturated carbocycles. The molecule has 1 atom stereocenters. The summed E-state index contributed by atoms with van der Waals surface area (Å²) in [4.78, 5) is 13.5. The van der Waals surface area contributed by atoms with E-state index in [1.54, 1.807) is 13.1 Å². The van der Waals surface area contributed by atoms with E-state index in [2.05, 4.69) is 15.9 Å². The molecule has 5 heteroatoms. The predicted molar refractivity (Wildman–Crippen MR) is 66.8 cm³/mol. The van der Waals surface area contributed by atoms with Crippen molar-refractivity contribution in [3.63, 3.8) is 0 Å². The molecule has 0 aliphatic carbocycles. The number of amides is 1. The van der Waals surface area contributed by atoms with Crippen LogP contribution in [0.4, 0.5) is 10.1 Å². The molecule has 1 aliphatic rings. The number of benzene rings is 1. The molecule has 17 heavy (non-hydrogen) atoms. The van der Waals surface area contributed by atoms with E-state index in [0.717, 1.165) is 0 Å². The number of anilines is 1. The van der Waals surface area contributed by atoms with Crippen LogP contribution < -0.4 is 9.64 Å². The summed E-state index contributed by atoms with van der Waals surface area (Å²) in [5, 5.41) is 0. The van der Waals surface area contributed by atoms with Gasteiger partial charge in [0, 0.05) is 11.5 Å². The van der Waals surface area contributed by atoms with Gasteiger partial charge in [0.25, 0.3) is 5.91 Å². The monoisotopic (exact) mass is 301 g/mol. The molecule has 1 amide bonds. The van der Waals surface area contributed by atoms with Gasteiger partial charge in [-0.3, -0.25) is 4.79 Å². The zero-order valence-corrected chi connectivity index (χ0v) is 11.4. The largest absolute Gasteiger partial charge is 0.475 e. The molecule has 1 heterocycles. The van der Waals surface area contributed by atoms with Crippen LogP contribution in [0.25, 0.3) is 0 Å². The minimum Gasteiger partial charge on any atom is -0.475 e. The Labute approximate surface area is 108 Å². The number of hydrogen-bond acceptors (Lipinski definition) is 2. The fraction of sp³-hybridized carbons (Fsp3) is 0.417. The second-order valence-electron chi connectivity index (χ2n) is 4.42. The molecule has 0 saturated heterocycles. The van der Waals surface area contributed by atoms with Crippen LogP contribution in [0.2, 0.25) is 0 Å². The Bertz CT molecular complexity index is 476. The third-order valence-electron chi connectivity index (χ3n) is 2.77. The van der Waals surface area contributed by atoms with Gasteiger partial charge in [0.2, 0.25) is 0 Å². The smallest absolute Gasteiger partial charge is 0.268 e. The maximum Gasteiger partial charge on any atom is 0.268 e. The van der Waals surface area contributed by atoms with Crippen LogP contribution >= 0.6 is 15.9 Å². The predicted octanol–water partition coefficient (Wildman–Crippen LogP) is 2.97. The Morgan fingerprint density at radius 3 is 2.71 bits per heavy atom. The standard InChI is InChI=1S/C12H13BrFNO2/c1-6(2)10-12(16)15(3)9-5-7(13)4-8(14)11(9)17-10/h4-6,10H,1-3H3. The van der Waals surface area contributed by atoms with Crippen LogP contribution in [0.15, 0.2) is 16.6 Å². The first-order valence-corrected chi connectivity index (χ1v) is 6.14. The Balaban J connectivity index is 2.53. The second kappa shape index (κ2) is 4.29. The van der Waals surface area contributed by atoms with Crippen molar-refractivity contribution in [2.75, 3.05) is 11.9 Å². The molecule has 0 aromatic heterocycles. The summed E-state index contributed by atoms with van der Waals surface area (Å²) in [7, 11) is 1.63. The van der Waals surface area contributed by atoms with Crippen molar-refractivity contribution in [3.8, 4) is 5.75 Å². The average Bonchev–Trinajstić information content (AvgIpc) is 2.23. The molecular weight excluding hydrogens is 289 g/mol. The van der Waals surface area contributed by atoms with Crippen LogP contribution in [-0.2, 0) is 4.79 Å². The second-order valence-corrected chi connectivity index (χ2v) is 5.33. The van der Waals surface area contributed by atoms with Gasteiger partial charge in [-0.15, -0.1) is 0 Å². The quantitative estimate of drug-likeness (QED) is 0.798. The number of carbonyl (C=O) groups excluding carboxylic acids is 1. The minimum atomic E-state index is -0.622. The Hall–Kier alpha value is -1.10. The number of hydrogen-bond donors (Lipinski definition) is 0. The van der Waals surface area contributed by atoms with Crippen LogP contribution in [0, 0.1) is 11.7 Å². The van der Waals surface area contributed by atoms with Gasteiger partial charge in [0.15, 0.2) is 17.7 Å². The SMILES string of the molecule is CC(C)C1Oc2c(F)cc(Br)cc2N(C)C1=O. The minimum absolute atomic E-state index is 0.00106. The fourth-order valence-corrected chi connectivity index (χ4v) is 2.24. The van der Waals surface area contributed by atoms with Crippen LogP contribution in [0.1, 0.15) is 13.8 Å². The van der Waals surface area contributed by atoms with Crippen molar-refractivity contribution in [1.82, 2.24) is 0 Å². The number of carbonyl (C=O) groups is 1. The molecule has 92 valence electrons. The topological polar surface area (TPSA) is 29.5 Å². The van der Waals surface area contributed by atoms with E-state index in [-0.39, 0.29) is 17.6 Å². The van der Waals surface area contributed by atoms with Gasteiger partial charge in [-0.25, -0.2) is 4.39 Å². The molecule has 0 radical (unpaired) electrons. The highest BCUT2D eigenvalue weighted by atomic mass is 79.9. The van der Waals surface area contributed by atoms with Crippen molar-refractivity contribution >= 4 is 27.5 Å². The van der Waals surface area contributed by atoms with Gasteiger partial charge in [-0.2, -0.15) is 0 Å². The lowest BCUT2D eigenvalue weighted by atomic mass is 10.0. The first-order valence-electron chi connectivity index (χ1n) is 5.35. The first-order chi connectivity index (χ1) is 7.91. The average molecular weight is 302 g/mol. The highest BCUT2D eigenvalue weighted by molar-refractivity contribution is 9.10. The van der Waals surface area contributed by atoms with Crippen molar-refractivity contribution in [3.05, 3.63) is 22.4 Å². The number of halogens is 2. The molecule has 0 N–H and O–H groups in total. The van der Waals surface area contributed by atoms with Crippen LogP contribution in [0.3, 0.4) is 0 Å². The van der Waals surface area contributed by atoms with E-state index in [1.165, 1.54) is 11.0 Å². The maximum absolute atomic E-state index is 13.8. The molecule has 0 bridgehead atoms. The Morgan fingerprint density at radius 1 is 1.47 bits per heavy atom. The van der Waals surface area contributed by atoms with Crippen molar-refractivity contribution in [1.29, 1.82) is 0 Å². The van der Waals surface area contributed by atoms with Crippen molar-refractivity contribution in [2.45, 2.75) is 20.0 Å². The Morgan fingerprint density at radius 2 is 2.12 bits per heavy atom. The number of likely N-dealkylation sites (N-methyl/N-ethyl adjacent to an activating group) is 1. The number of ether oxygens (including phenoxy) is 1. The van der Waals surface area contributed by atoms with E-state index < -0.39 is 11.9 Å². The fourth-order valence-electron chi connectivity index (χ4n) is 1.82.